The van der Waals surface area contributed by atoms with Crippen molar-refractivity contribution in [2.45, 2.75) is 46.2 Å². The number of piperazine rings is 1. The number of benzene rings is 1. The molecular weight excluding hydrogens is 461 g/mol. The van der Waals surface area contributed by atoms with Gasteiger partial charge in [-0.2, -0.15) is 4.57 Å². The number of halogens is 1. The number of H-pyrrole nitrogens is 1. The van der Waals surface area contributed by atoms with E-state index in [1.807, 2.05) is 17.6 Å². The molecule has 3 aromatic heterocycles. The number of hydrogen-bond donors (Lipinski definition) is 1. The van der Waals surface area contributed by atoms with Gasteiger partial charge in [0, 0.05) is 31.1 Å². The van der Waals surface area contributed by atoms with Gasteiger partial charge in [-0.3, -0.25) is 19.4 Å². The van der Waals surface area contributed by atoms with E-state index in [-0.39, 0.29) is 23.5 Å². The van der Waals surface area contributed by atoms with Crippen molar-refractivity contribution in [2.75, 3.05) is 18.0 Å². The van der Waals surface area contributed by atoms with Crippen LogP contribution in [0.25, 0.3) is 16.9 Å². The Bertz CT molecular complexity index is 1590. The number of anilines is 1. The number of fused-ring (bicyclic) bond motifs is 5. The Morgan fingerprint density at radius 2 is 1.94 bits per heavy atom. The highest BCUT2D eigenvalue weighted by Crippen LogP contribution is 2.36. The molecule has 0 aliphatic carbocycles. The molecule has 5 heterocycles. The summed E-state index contributed by atoms with van der Waals surface area (Å²) in [5.74, 6) is 0.706. The minimum Gasteiger partial charge on any atom is -0.329 e. The van der Waals surface area contributed by atoms with E-state index in [4.69, 9.17) is 5.10 Å². The molecule has 1 N–H and O–H groups in total. The van der Waals surface area contributed by atoms with Crippen LogP contribution in [0.3, 0.4) is 0 Å². The SMILES string of the molecule is Cc1ncc(N2CCN3C(=O)c4cn5nc(-c6ccc(F)c(C)c6)cc(C(C)C)c5[n+]4C3(C)C2=O)[nH]1. The second-order valence-corrected chi connectivity index (χ2v) is 10.0. The molecule has 2 aliphatic heterocycles. The van der Waals surface area contributed by atoms with Gasteiger partial charge < -0.3 is 4.98 Å². The van der Waals surface area contributed by atoms with Crippen LogP contribution in [0.4, 0.5) is 10.2 Å². The van der Waals surface area contributed by atoms with Crippen molar-refractivity contribution < 1.29 is 18.5 Å². The van der Waals surface area contributed by atoms with Crippen LogP contribution in [-0.2, 0) is 10.5 Å². The molecule has 36 heavy (non-hydrogen) atoms. The van der Waals surface area contributed by atoms with Crippen molar-refractivity contribution in [3.05, 3.63) is 65.1 Å². The van der Waals surface area contributed by atoms with Gasteiger partial charge in [0.25, 0.3) is 11.6 Å². The smallest absolute Gasteiger partial charge is 0.313 e. The van der Waals surface area contributed by atoms with Crippen LogP contribution in [0.15, 0.2) is 36.7 Å². The largest absolute Gasteiger partial charge is 0.329 e. The van der Waals surface area contributed by atoms with Gasteiger partial charge in [-0.05, 0) is 49.6 Å². The molecule has 6 rings (SSSR count). The van der Waals surface area contributed by atoms with Crippen LogP contribution in [0.2, 0.25) is 0 Å². The molecule has 4 aromatic rings. The number of hydrogen-bond acceptors (Lipinski definition) is 4. The third-order valence-corrected chi connectivity index (χ3v) is 7.36. The first-order valence-electron chi connectivity index (χ1n) is 12.0. The Morgan fingerprint density at radius 1 is 1.17 bits per heavy atom. The highest BCUT2D eigenvalue weighted by Gasteiger charge is 2.62. The second kappa shape index (κ2) is 7.46. The fourth-order valence-corrected chi connectivity index (χ4v) is 5.43. The number of nitrogens with one attached hydrogen (secondary N) is 1. The summed E-state index contributed by atoms with van der Waals surface area (Å²) in [6, 6.07) is 6.87. The van der Waals surface area contributed by atoms with Crippen LogP contribution in [0, 0.1) is 19.7 Å². The van der Waals surface area contributed by atoms with Gasteiger partial charge in [0.2, 0.25) is 5.69 Å². The highest BCUT2D eigenvalue weighted by molar-refractivity contribution is 6.04. The first kappa shape index (κ1) is 22.4. The topological polar surface area (TPSA) is 90.5 Å². The molecule has 1 saturated heterocycles. The summed E-state index contributed by atoms with van der Waals surface area (Å²) in [5, 5.41) is 4.79. The van der Waals surface area contributed by atoms with E-state index in [2.05, 4.69) is 23.8 Å². The molecule has 0 radical (unpaired) electrons. The summed E-state index contributed by atoms with van der Waals surface area (Å²) in [5.41, 5.74) is 2.77. The molecule has 184 valence electrons. The Hall–Kier alpha value is -4.08. The number of carbonyl (C=O) groups excluding carboxylic acids is 2. The van der Waals surface area contributed by atoms with Crippen molar-refractivity contribution in [3.8, 4) is 11.3 Å². The number of nitrogens with zero attached hydrogens (tertiary/aromatic N) is 6. The lowest BCUT2D eigenvalue weighted by Gasteiger charge is -2.40. The first-order valence-corrected chi connectivity index (χ1v) is 12.0. The van der Waals surface area contributed by atoms with E-state index in [0.29, 0.717) is 47.3 Å². The molecular formula is C26H27FN7O2+. The van der Waals surface area contributed by atoms with Crippen LogP contribution in [0.1, 0.15) is 54.1 Å². The number of amides is 2. The molecule has 1 unspecified atom stereocenters. The van der Waals surface area contributed by atoms with E-state index in [1.165, 1.54) is 6.07 Å². The highest BCUT2D eigenvalue weighted by atomic mass is 19.1. The van der Waals surface area contributed by atoms with Crippen LogP contribution >= 0.6 is 0 Å². The van der Waals surface area contributed by atoms with Crippen molar-refractivity contribution >= 4 is 23.3 Å². The number of imidazole rings is 2. The maximum atomic E-state index is 14.0. The second-order valence-electron chi connectivity index (χ2n) is 10.0. The Labute approximate surface area is 207 Å². The van der Waals surface area contributed by atoms with Gasteiger partial charge >= 0.3 is 11.6 Å². The standard InChI is InChI=1S/C26H27FN7O2/c1-14(2)18-11-20(17-6-7-19(27)15(3)10-17)30-33-13-21-24(35)32-9-8-31(22-12-28-16(4)29-22)25(36)26(32,5)34(21)23(18)33/h6-7,10-14H,8-9H2,1-5H3,(H,28,29)/q+1. The van der Waals surface area contributed by atoms with Crippen LogP contribution in [0.5, 0.6) is 0 Å². The third kappa shape index (κ3) is 2.90. The van der Waals surface area contributed by atoms with Gasteiger partial charge in [-0.25, -0.2) is 9.37 Å². The van der Waals surface area contributed by atoms with Gasteiger partial charge in [0.05, 0.1) is 6.20 Å². The minimum atomic E-state index is -1.25. The molecule has 0 saturated carbocycles. The van der Waals surface area contributed by atoms with Crippen molar-refractivity contribution in [1.82, 2.24) is 24.5 Å². The van der Waals surface area contributed by atoms with Crippen molar-refractivity contribution in [2.24, 2.45) is 0 Å². The average Bonchev–Trinajstić information content (AvgIpc) is 3.50. The first-order chi connectivity index (χ1) is 17.1. The normalized spacial score (nSPS) is 19.5. The summed E-state index contributed by atoms with van der Waals surface area (Å²) in [4.78, 5) is 38.3. The summed E-state index contributed by atoms with van der Waals surface area (Å²) in [6.45, 7) is 10.2. The summed E-state index contributed by atoms with van der Waals surface area (Å²) >= 11 is 0. The fourth-order valence-electron chi connectivity index (χ4n) is 5.43. The Balaban J connectivity index is 1.57. The molecule has 1 fully saturated rings. The van der Waals surface area contributed by atoms with Gasteiger partial charge in [-0.1, -0.05) is 23.5 Å². The third-order valence-electron chi connectivity index (χ3n) is 7.36. The predicted molar refractivity (Wildman–Crippen MR) is 130 cm³/mol. The molecule has 2 aliphatic rings. The van der Waals surface area contributed by atoms with Crippen molar-refractivity contribution in [1.29, 1.82) is 0 Å². The van der Waals surface area contributed by atoms with E-state index in [1.54, 1.807) is 52.7 Å². The van der Waals surface area contributed by atoms with Crippen LogP contribution < -0.4 is 9.47 Å². The number of rotatable bonds is 3. The fraction of sp³-hybridized carbons (Fsp3) is 0.346. The molecule has 1 aromatic carbocycles. The quantitative estimate of drug-likeness (QED) is 0.449. The lowest BCUT2D eigenvalue weighted by Crippen LogP contribution is -2.72. The molecule has 2 amide bonds. The Morgan fingerprint density at radius 3 is 2.61 bits per heavy atom. The molecule has 10 heteroatoms. The number of aryl methyl sites for hydroxylation is 2. The summed E-state index contributed by atoms with van der Waals surface area (Å²) < 4.78 is 17.4. The maximum Gasteiger partial charge on any atom is 0.313 e. The number of aromatic amines is 1. The summed E-state index contributed by atoms with van der Waals surface area (Å²) in [6.07, 6.45) is 3.34. The maximum absolute atomic E-state index is 14.0. The van der Waals surface area contributed by atoms with Crippen LogP contribution in [-0.4, -0.2) is 49.4 Å². The summed E-state index contributed by atoms with van der Waals surface area (Å²) in [7, 11) is 0. The zero-order valence-electron chi connectivity index (χ0n) is 20.8. The number of carbonyl (C=O) groups is 2. The predicted octanol–water partition coefficient (Wildman–Crippen LogP) is 3.07. The van der Waals surface area contributed by atoms with E-state index >= 15 is 0 Å². The van der Waals surface area contributed by atoms with Gasteiger partial charge in [-0.15, -0.1) is 0 Å². The van der Waals surface area contributed by atoms with E-state index in [9.17, 15) is 14.0 Å². The monoisotopic (exact) mass is 488 g/mol. The lowest BCUT2D eigenvalue weighted by atomic mass is 10.0. The molecule has 1 atom stereocenters. The van der Waals surface area contributed by atoms with E-state index < -0.39 is 5.66 Å². The minimum absolute atomic E-state index is 0.0695. The van der Waals surface area contributed by atoms with Gasteiger partial charge in [0.1, 0.15) is 23.2 Å². The van der Waals surface area contributed by atoms with E-state index in [0.717, 1.165) is 11.1 Å². The van der Waals surface area contributed by atoms with Crippen molar-refractivity contribution in [3.63, 3.8) is 0 Å². The zero-order valence-corrected chi connectivity index (χ0v) is 20.8. The Kier molecular flexibility index (Phi) is 4.64. The number of aromatic nitrogens is 5. The lowest BCUT2D eigenvalue weighted by molar-refractivity contribution is -0.731. The zero-order chi connectivity index (χ0) is 25.5. The molecule has 0 bridgehead atoms. The van der Waals surface area contributed by atoms with Gasteiger partial charge in [0.15, 0.2) is 6.20 Å². The molecule has 0 spiro atoms. The average molecular weight is 489 g/mol. The molecule has 9 nitrogen and oxygen atoms in total.